The average molecular weight is 428 g/mol. The fraction of sp³-hybridized carbons (Fsp3) is 0.435. The van der Waals surface area contributed by atoms with Gasteiger partial charge in [-0.3, -0.25) is 14.4 Å². The van der Waals surface area contributed by atoms with Gasteiger partial charge in [0.2, 0.25) is 5.91 Å². The summed E-state index contributed by atoms with van der Waals surface area (Å²) in [6.07, 6.45) is 4.83. The van der Waals surface area contributed by atoms with Crippen LogP contribution < -0.4 is 10.9 Å². The van der Waals surface area contributed by atoms with E-state index in [1.807, 2.05) is 61.5 Å². The van der Waals surface area contributed by atoms with Crippen molar-refractivity contribution in [3.8, 4) is 0 Å². The number of rotatable bonds is 7. The Morgan fingerprint density at radius 2 is 1.93 bits per heavy atom. The molecule has 1 aliphatic heterocycles. The summed E-state index contributed by atoms with van der Waals surface area (Å²) in [6, 6.07) is 9.63. The van der Waals surface area contributed by atoms with Crippen LogP contribution in [0.25, 0.3) is 0 Å². The van der Waals surface area contributed by atoms with Crippen molar-refractivity contribution in [2.24, 2.45) is 0 Å². The van der Waals surface area contributed by atoms with Crippen molar-refractivity contribution in [2.45, 2.75) is 45.8 Å². The highest BCUT2D eigenvalue weighted by atomic mass is 32.2. The van der Waals surface area contributed by atoms with Crippen LogP contribution in [0.5, 0.6) is 0 Å². The Balaban J connectivity index is 2.00. The Labute approximate surface area is 181 Å². The Bertz CT molecular complexity index is 970. The van der Waals surface area contributed by atoms with E-state index in [1.54, 1.807) is 16.3 Å². The van der Waals surface area contributed by atoms with Crippen molar-refractivity contribution < 1.29 is 9.59 Å². The maximum absolute atomic E-state index is 13.2. The topological polar surface area (TPSA) is 71.4 Å². The second-order valence-electron chi connectivity index (χ2n) is 7.86. The second kappa shape index (κ2) is 9.98. The number of nitrogens with one attached hydrogen (secondary N) is 1. The Morgan fingerprint density at radius 3 is 2.60 bits per heavy atom. The third kappa shape index (κ3) is 5.14. The van der Waals surface area contributed by atoms with Gasteiger partial charge in [0.15, 0.2) is 0 Å². The third-order valence-corrected chi connectivity index (χ3v) is 5.80. The van der Waals surface area contributed by atoms with E-state index in [0.717, 1.165) is 22.4 Å². The molecule has 1 aliphatic rings. The molecule has 0 radical (unpaired) electrons. The molecule has 0 saturated heterocycles. The van der Waals surface area contributed by atoms with Crippen molar-refractivity contribution in [1.29, 1.82) is 0 Å². The van der Waals surface area contributed by atoms with Crippen molar-refractivity contribution in [2.75, 3.05) is 18.6 Å². The zero-order valence-electron chi connectivity index (χ0n) is 17.8. The van der Waals surface area contributed by atoms with E-state index in [0.29, 0.717) is 32.5 Å². The van der Waals surface area contributed by atoms with Gasteiger partial charge in [-0.25, -0.2) is 0 Å². The van der Waals surface area contributed by atoms with Crippen molar-refractivity contribution in [3.63, 3.8) is 0 Å². The molecular formula is C23H29N3O3S. The molecule has 0 atom stereocenters. The molecule has 7 heteroatoms. The van der Waals surface area contributed by atoms with Crippen LogP contribution >= 0.6 is 11.8 Å². The Kier molecular flexibility index (Phi) is 7.37. The number of nitrogens with zero attached hydrogens (tertiary/aromatic N) is 2. The van der Waals surface area contributed by atoms with E-state index >= 15 is 0 Å². The van der Waals surface area contributed by atoms with Gasteiger partial charge in [0, 0.05) is 37.5 Å². The molecule has 2 aromatic rings. The van der Waals surface area contributed by atoms with E-state index in [-0.39, 0.29) is 29.0 Å². The molecule has 0 unspecified atom stereocenters. The number of aromatic nitrogens is 1. The van der Waals surface area contributed by atoms with Gasteiger partial charge >= 0.3 is 0 Å². The summed E-state index contributed by atoms with van der Waals surface area (Å²) in [5, 5.41) is 2.87. The fourth-order valence-electron chi connectivity index (χ4n) is 3.74. The third-order valence-electron chi connectivity index (χ3n) is 5.18. The normalized spacial score (nSPS) is 13.3. The first-order valence-corrected chi connectivity index (χ1v) is 11.7. The standard InChI is InChI=1S/C23H29N3O3S/c1-16(2)24-22(28)21-19-9-11-25(20(27)10-12-30-3)14-18(19)15-26(23(21)29)13-17-7-5-4-6-8-17/h4-8,15-16H,9-14H2,1-3H3,(H,24,28). The first-order chi connectivity index (χ1) is 14.4. The fourth-order valence-corrected chi connectivity index (χ4v) is 4.12. The Hall–Kier alpha value is -2.54. The summed E-state index contributed by atoms with van der Waals surface area (Å²) in [7, 11) is 0. The number of carbonyl (C=O) groups is 2. The summed E-state index contributed by atoms with van der Waals surface area (Å²) in [6.45, 7) is 5.10. The maximum atomic E-state index is 13.2. The lowest BCUT2D eigenvalue weighted by molar-refractivity contribution is -0.131. The molecule has 0 bridgehead atoms. The van der Waals surface area contributed by atoms with Gasteiger partial charge in [-0.1, -0.05) is 30.3 Å². The summed E-state index contributed by atoms with van der Waals surface area (Å²) >= 11 is 1.65. The maximum Gasteiger partial charge on any atom is 0.264 e. The largest absolute Gasteiger partial charge is 0.350 e. The van der Waals surface area contributed by atoms with Gasteiger partial charge in [0.05, 0.1) is 6.54 Å². The molecule has 2 heterocycles. The van der Waals surface area contributed by atoms with Gasteiger partial charge in [-0.05, 0) is 43.2 Å². The smallest absolute Gasteiger partial charge is 0.264 e. The number of hydrogen-bond acceptors (Lipinski definition) is 4. The molecule has 6 nitrogen and oxygen atoms in total. The predicted molar refractivity (Wildman–Crippen MR) is 121 cm³/mol. The predicted octanol–water partition coefficient (Wildman–Crippen LogP) is 2.67. The van der Waals surface area contributed by atoms with Crippen LogP contribution in [0.15, 0.2) is 41.3 Å². The van der Waals surface area contributed by atoms with Crippen molar-refractivity contribution in [1.82, 2.24) is 14.8 Å². The summed E-state index contributed by atoms with van der Waals surface area (Å²) in [5.41, 5.74) is 2.57. The number of thioether (sulfide) groups is 1. The SMILES string of the molecule is CSCCC(=O)N1CCc2c(cn(Cc3ccccc3)c(=O)c2C(=O)NC(C)C)C1. The molecule has 1 aromatic heterocycles. The van der Waals surface area contributed by atoms with Crippen LogP contribution in [-0.2, 0) is 24.3 Å². The highest BCUT2D eigenvalue weighted by Gasteiger charge is 2.28. The highest BCUT2D eigenvalue weighted by molar-refractivity contribution is 7.98. The summed E-state index contributed by atoms with van der Waals surface area (Å²) < 4.78 is 1.60. The molecule has 1 aromatic carbocycles. The molecule has 1 N–H and O–H groups in total. The summed E-state index contributed by atoms with van der Waals surface area (Å²) in [4.78, 5) is 40.5. The van der Waals surface area contributed by atoms with E-state index < -0.39 is 0 Å². The average Bonchev–Trinajstić information content (AvgIpc) is 2.72. The van der Waals surface area contributed by atoms with Crippen LogP contribution in [0.2, 0.25) is 0 Å². The van der Waals surface area contributed by atoms with Crippen LogP contribution in [-0.4, -0.2) is 45.9 Å². The quantitative estimate of drug-likeness (QED) is 0.738. The molecule has 0 aliphatic carbocycles. The van der Waals surface area contributed by atoms with Gasteiger partial charge in [-0.15, -0.1) is 0 Å². The van der Waals surface area contributed by atoms with Crippen molar-refractivity contribution in [3.05, 3.63) is 69.1 Å². The minimum atomic E-state index is -0.337. The van der Waals surface area contributed by atoms with Gasteiger partial charge < -0.3 is 14.8 Å². The monoisotopic (exact) mass is 427 g/mol. The lowest BCUT2D eigenvalue weighted by Crippen LogP contribution is -2.42. The number of amides is 2. The molecule has 2 amide bonds. The van der Waals surface area contributed by atoms with E-state index in [4.69, 9.17) is 0 Å². The molecule has 160 valence electrons. The molecule has 30 heavy (non-hydrogen) atoms. The van der Waals surface area contributed by atoms with Crippen LogP contribution in [0.4, 0.5) is 0 Å². The first kappa shape index (κ1) is 22.2. The molecule has 0 spiro atoms. The first-order valence-electron chi connectivity index (χ1n) is 10.3. The van der Waals surface area contributed by atoms with E-state index in [2.05, 4.69) is 5.32 Å². The molecule has 0 fully saturated rings. The van der Waals surface area contributed by atoms with Gasteiger partial charge in [0.1, 0.15) is 5.56 Å². The highest BCUT2D eigenvalue weighted by Crippen LogP contribution is 2.22. The van der Waals surface area contributed by atoms with Gasteiger partial charge in [0.25, 0.3) is 11.5 Å². The van der Waals surface area contributed by atoms with E-state index in [1.165, 1.54) is 0 Å². The number of carbonyl (C=O) groups excluding carboxylic acids is 2. The van der Waals surface area contributed by atoms with Gasteiger partial charge in [-0.2, -0.15) is 11.8 Å². The minimum Gasteiger partial charge on any atom is -0.350 e. The number of pyridine rings is 1. The minimum absolute atomic E-state index is 0.0662. The number of fused-ring (bicyclic) bond motifs is 1. The van der Waals surface area contributed by atoms with E-state index in [9.17, 15) is 14.4 Å². The van der Waals surface area contributed by atoms with Crippen LogP contribution in [0.1, 0.15) is 47.3 Å². The Morgan fingerprint density at radius 1 is 1.20 bits per heavy atom. The lowest BCUT2D eigenvalue weighted by Gasteiger charge is -2.30. The zero-order chi connectivity index (χ0) is 21.7. The second-order valence-corrected chi connectivity index (χ2v) is 8.85. The zero-order valence-corrected chi connectivity index (χ0v) is 18.6. The van der Waals surface area contributed by atoms with Crippen molar-refractivity contribution >= 4 is 23.6 Å². The lowest BCUT2D eigenvalue weighted by atomic mass is 9.95. The number of hydrogen-bond donors (Lipinski definition) is 1. The molecule has 0 saturated carbocycles. The van der Waals surface area contributed by atoms with Crippen LogP contribution in [0, 0.1) is 0 Å². The van der Waals surface area contributed by atoms with Crippen LogP contribution in [0.3, 0.4) is 0 Å². The molecular weight excluding hydrogens is 398 g/mol. The molecule has 3 rings (SSSR count). The summed E-state index contributed by atoms with van der Waals surface area (Å²) in [5.74, 6) is 0.567. The number of benzene rings is 1.